The lowest BCUT2D eigenvalue weighted by Gasteiger charge is -2.30. The second kappa shape index (κ2) is 9.76. The molecule has 1 aliphatic rings. The van der Waals surface area contributed by atoms with Gasteiger partial charge in [-0.15, -0.1) is 0 Å². The van der Waals surface area contributed by atoms with E-state index in [4.69, 9.17) is 5.73 Å². The summed E-state index contributed by atoms with van der Waals surface area (Å²) >= 11 is 0. The first-order valence-electron chi connectivity index (χ1n) is 7.96. The predicted octanol–water partition coefficient (Wildman–Crippen LogP) is 2.31. The first-order chi connectivity index (χ1) is 8.76. The van der Waals surface area contributed by atoms with Crippen molar-refractivity contribution in [2.24, 2.45) is 5.73 Å². The summed E-state index contributed by atoms with van der Waals surface area (Å²) in [5, 5.41) is 0. The molecule has 0 bridgehead atoms. The molecule has 0 aromatic heterocycles. The standard InChI is InChI=1S/C15H33N3/c1-3-9-17(10-4-2)11-5-6-12-18-13-7-15(16)8-14-18/h15H,3-14,16H2,1-2H3. The minimum absolute atomic E-state index is 0.464. The minimum atomic E-state index is 0.464. The smallest absolute Gasteiger partial charge is 0.00631 e. The SMILES string of the molecule is CCCN(CCC)CCCCN1CCC(N)CC1. The maximum Gasteiger partial charge on any atom is 0.00631 e. The van der Waals surface area contributed by atoms with Crippen LogP contribution in [-0.2, 0) is 0 Å². The zero-order valence-electron chi connectivity index (χ0n) is 12.5. The van der Waals surface area contributed by atoms with Crippen molar-refractivity contribution in [3.63, 3.8) is 0 Å². The summed E-state index contributed by atoms with van der Waals surface area (Å²) in [7, 11) is 0. The third-order valence-electron chi connectivity index (χ3n) is 3.91. The molecule has 0 aromatic carbocycles. The first kappa shape index (κ1) is 15.9. The molecule has 3 nitrogen and oxygen atoms in total. The molecule has 0 saturated carbocycles. The van der Waals surface area contributed by atoms with Gasteiger partial charge in [0, 0.05) is 6.04 Å². The fourth-order valence-corrected chi connectivity index (χ4v) is 2.82. The molecule has 1 saturated heterocycles. The molecule has 1 fully saturated rings. The van der Waals surface area contributed by atoms with Gasteiger partial charge >= 0.3 is 0 Å². The van der Waals surface area contributed by atoms with E-state index in [0.29, 0.717) is 6.04 Å². The Bertz CT molecular complexity index is 182. The minimum Gasteiger partial charge on any atom is -0.328 e. The maximum absolute atomic E-state index is 5.92. The quantitative estimate of drug-likeness (QED) is 0.642. The number of piperidine rings is 1. The summed E-state index contributed by atoms with van der Waals surface area (Å²) in [5.41, 5.74) is 5.92. The highest BCUT2D eigenvalue weighted by atomic mass is 15.1. The Balaban J connectivity index is 2.02. The van der Waals surface area contributed by atoms with Crippen LogP contribution in [0.2, 0.25) is 0 Å². The summed E-state index contributed by atoms with van der Waals surface area (Å²) in [5.74, 6) is 0. The monoisotopic (exact) mass is 255 g/mol. The first-order valence-corrected chi connectivity index (χ1v) is 7.96. The van der Waals surface area contributed by atoms with Gasteiger partial charge in [0.15, 0.2) is 0 Å². The van der Waals surface area contributed by atoms with Gasteiger partial charge in [-0.2, -0.15) is 0 Å². The van der Waals surface area contributed by atoms with Crippen LogP contribution in [-0.4, -0.2) is 55.1 Å². The molecular formula is C15H33N3. The third-order valence-corrected chi connectivity index (χ3v) is 3.91. The number of rotatable bonds is 9. The van der Waals surface area contributed by atoms with E-state index in [1.54, 1.807) is 0 Å². The van der Waals surface area contributed by atoms with Crippen molar-refractivity contribution in [1.82, 2.24) is 9.80 Å². The van der Waals surface area contributed by atoms with Crippen LogP contribution in [0.15, 0.2) is 0 Å². The highest BCUT2D eigenvalue weighted by Crippen LogP contribution is 2.09. The van der Waals surface area contributed by atoms with Crippen LogP contribution >= 0.6 is 0 Å². The highest BCUT2D eigenvalue weighted by molar-refractivity contribution is 4.73. The maximum atomic E-state index is 5.92. The lowest BCUT2D eigenvalue weighted by Crippen LogP contribution is -2.40. The summed E-state index contributed by atoms with van der Waals surface area (Å²) < 4.78 is 0. The van der Waals surface area contributed by atoms with Crippen LogP contribution in [0.3, 0.4) is 0 Å². The van der Waals surface area contributed by atoms with E-state index in [2.05, 4.69) is 23.6 Å². The van der Waals surface area contributed by atoms with Gasteiger partial charge in [0.2, 0.25) is 0 Å². The normalized spacial score (nSPS) is 18.7. The van der Waals surface area contributed by atoms with Crippen molar-refractivity contribution in [3.05, 3.63) is 0 Å². The number of hydrogen-bond donors (Lipinski definition) is 1. The van der Waals surface area contributed by atoms with E-state index in [0.717, 1.165) is 0 Å². The summed E-state index contributed by atoms with van der Waals surface area (Å²) in [6, 6.07) is 0.464. The fourth-order valence-electron chi connectivity index (χ4n) is 2.82. The second-order valence-corrected chi connectivity index (χ2v) is 5.73. The van der Waals surface area contributed by atoms with Crippen molar-refractivity contribution >= 4 is 0 Å². The Hall–Kier alpha value is -0.120. The number of unbranched alkanes of at least 4 members (excludes halogenated alkanes) is 1. The largest absolute Gasteiger partial charge is 0.328 e. The van der Waals surface area contributed by atoms with E-state index < -0.39 is 0 Å². The van der Waals surface area contributed by atoms with Crippen molar-refractivity contribution in [3.8, 4) is 0 Å². The molecule has 2 N–H and O–H groups in total. The number of hydrogen-bond acceptors (Lipinski definition) is 3. The fraction of sp³-hybridized carbons (Fsp3) is 1.00. The number of nitrogens with two attached hydrogens (primary N) is 1. The molecule has 0 amide bonds. The van der Waals surface area contributed by atoms with Crippen LogP contribution in [0.5, 0.6) is 0 Å². The molecule has 0 unspecified atom stereocenters. The molecule has 18 heavy (non-hydrogen) atoms. The molecule has 3 heteroatoms. The van der Waals surface area contributed by atoms with Gasteiger partial charge < -0.3 is 15.5 Å². The van der Waals surface area contributed by atoms with Gasteiger partial charge in [0.05, 0.1) is 0 Å². The van der Waals surface area contributed by atoms with Crippen molar-refractivity contribution in [2.75, 3.05) is 39.3 Å². The van der Waals surface area contributed by atoms with E-state index in [9.17, 15) is 0 Å². The zero-order chi connectivity index (χ0) is 13.2. The van der Waals surface area contributed by atoms with Crippen LogP contribution in [0.4, 0.5) is 0 Å². The lowest BCUT2D eigenvalue weighted by atomic mass is 10.1. The summed E-state index contributed by atoms with van der Waals surface area (Å²) in [6.45, 7) is 12.1. The van der Waals surface area contributed by atoms with E-state index >= 15 is 0 Å². The molecule has 1 aliphatic heterocycles. The molecule has 0 spiro atoms. The molecule has 0 radical (unpaired) electrons. The van der Waals surface area contributed by atoms with Crippen LogP contribution in [0.25, 0.3) is 0 Å². The van der Waals surface area contributed by atoms with E-state index in [-0.39, 0.29) is 0 Å². The van der Waals surface area contributed by atoms with Gasteiger partial charge in [-0.25, -0.2) is 0 Å². The van der Waals surface area contributed by atoms with E-state index in [1.807, 2.05) is 0 Å². The topological polar surface area (TPSA) is 32.5 Å². The second-order valence-electron chi connectivity index (χ2n) is 5.73. The molecule has 0 aliphatic carbocycles. The Kier molecular flexibility index (Phi) is 8.64. The number of likely N-dealkylation sites (tertiary alicyclic amines) is 1. The molecule has 0 aromatic rings. The van der Waals surface area contributed by atoms with Crippen LogP contribution < -0.4 is 5.73 Å². The molecule has 1 heterocycles. The average molecular weight is 255 g/mol. The summed E-state index contributed by atoms with van der Waals surface area (Å²) in [6.07, 6.45) is 7.64. The molecular weight excluding hydrogens is 222 g/mol. The number of nitrogens with zero attached hydrogens (tertiary/aromatic N) is 2. The van der Waals surface area contributed by atoms with Gasteiger partial charge in [-0.05, 0) is 77.8 Å². The molecule has 108 valence electrons. The Morgan fingerprint density at radius 3 is 2.17 bits per heavy atom. The van der Waals surface area contributed by atoms with Gasteiger partial charge in [0.1, 0.15) is 0 Å². The van der Waals surface area contributed by atoms with Crippen LogP contribution in [0.1, 0.15) is 52.4 Å². The van der Waals surface area contributed by atoms with Crippen LogP contribution in [0, 0.1) is 0 Å². The Morgan fingerprint density at radius 2 is 1.61 bits per heavy atom. The molecule has 0 atom stereocenters. The average Bonchev–Trinajstić information content (AvgIpc) is 2.37. The van der Waals surface area contributed by atoms with Gasteiger partial charge in [-0.3, -0.25) is 0 Å². The van der Waals surface area contributed by atoms with Crippen molar-refractivity contribution < 1.29 is 0 Å². The Labute approximate surface area is 114 Å². The zero-order valence-corrected chi connectivity index (χ0v) is 12.5. The van der Waals surface area contributed by atoms with Crippen molar-refractivity contribution in [1.29, 1.82) is 0 Å². The Morgan fingerprint density at radius 1 is 1.00 bits per heavy atom. The summed E-state index contributed by atoms with van der Waals surface area (Å²) in [4.78, 5) is 5.21. The lowest BCUT2D eigenvalue weighted by molar-refractivity contribution is 0.202. The predicted molar refractivity (Wildman–Crippen MR) is 79.9 cm³/mol. The van der Waals surface area contributed by atoms with E-state index in [1.165, 1.54) is 77.8 Å². The highest BCUT2D eigenvalue weighted by Gasteiger charge is 2.15. The van der Waals surface area contributed by atoms with Gasteiger partial charge in [0.25, 0.3) is 0 Å². The third kappa shape index (κ3) is 6.72. The van der Waals surface area contributed by atoms with Gasteiger partial charge in [-0.1, -0.05) is 13.8 Å². The van der Waals surface area contributed by atoms with Crippen molar-refractivity contribution in [2.45, 2.75) is 58.4 Å². The molecule has 1 rings (SSSR count).